The molecule has 0 bridgehead atoms. The van der Waals surface area contributed by atoms with E-state index in [2.05, 4.69) is 27.7 Å². The van der Waals surface area contributed by atoms with Gasteiger partial charge in [-0.25, -0.2) is 0 Å². The quantitative estimate of drug-likeness (QED) is 0.712. The number of hydrogen-bond acceptors (Lipinski definition) is 2. The molecule has 0 unspecified atom stereocenters. The molecule has 0 spiro atoms. The lowest BCUT2D eigenvalue weighted by Gasteiger charge is -2.35. The molecule has 1 heterocycles. The van der Waals surface area contributed by atoms with Crippen LogP contribution in [-0.4, -0.2) is 19.0 Å². The van der Waals surface area contributed by atoms with E-state index < -0.39 is 0 Å². The molecular formula is C13H26O2. The highest BCUT2D eigenvalue weighted by molar-refractivity contribution is 4.75. The lowest BCUT2D eigenvalue weighted by Crippen LogP contribution is -2.38. The summed E-state index contributed by atoms with van der Waals surface area (Å²) in [5.41, 5.74) is 0. The standard InChI is InChI=1S/C13H26O2/c1-11(2)9-13(10-12(3)4)14-7-5-6-8-15-13/h11-12H,5-10H2,1-4H3. The second kappa shape index (κ2) is 5.86. The molecule has 2 nitrogen and oxygen atoms in total. The van der Waals surface area contributed by atoms with E-state index in [9.17, 15) is 0 Å². The molecule has 1 aliphatic rings. The summed E-state index contributed by atoms with van der Waals surface area (Å²) >= 11 is 0. The molecule has 0 aromatic heterocycles. The minimum absolute atomic E-state index is 0.293. The zero-order valence-electron chi connectivity index (χ0n) is 10.7. The van der Waals surface area contributed by atoms with Crippen LogP contribution in [0.15, 0.2) is 0 Å². The van der Waals surface area contributed by atoms with E-state index in [1.54, 1.807) is 0 Å². The van der Waals surface area contributed by atoms with Crippen molar-refractivity contribution in [2.24, 2.45) is 11.8 Å². The van der Waals surface area contributed by atoms with Crippen molar-refractivity contribution in [1.82, 2.24) is 0 Å². The third kappa shape index (κ3) is 4.52. The van der Waals surface area contributed by atoms with Gasteiger partial charge < -0.3 is 9.47 Å². The average molecular weight is 214 g/mol. The summed E-state index contributed by atoms with van der Waals surface area (Å²) in [7, 11) is 0. The van der Waals surface area contributed by atoms with Gasteiger partial charge in [-0.15, -0.1) is 0 Å². The van der Waals surface area contributed by atoms with Crippen molar-refractivity contribution >= 4 is 0 Å². The van der Waals surface area contributed by atoms with Gasteiger partial charge in [0.05, 0.1) is 13.2 Å². The Bertz CT molecular complexity index is 155. The first-order chi connectivity index (χ1) is 7.04. The minimum Gasteiger partial charge on any atom is -0.350 e. The van der Waals surface area contributed by atoms with Gasteiger partial charge in [0.1, 0.15) is 0 Å². The number of ether oxygens (including phenoxy) is 2. The molecule has 1 fully saturated rings. The summed E-state index contributed by atoms with van der Waals surface area (Å²) < 4.78 is 12.0. The maximum atomic E-state index is 5.99. The lowest BCUT2D eigenvalue weighted by molar-refractivity contribution is -0.242. The van der Waals surface area contributed by atoms with Crippen LogP contribution in [0.3, 0.4) is 0 Å². The molecule has 1 aliphatic heterocycles. The van der Waals surface area contributed by atoms with Crippen molar-refractivity contribution in [3.63, 3.8) is 0 Å². The van der Waals surface area contributed by atoms with Gasteiger partial charge in [0.2, 0.25) is 0 Å². The van der Waals surface area contributed by atoms with Gasteiger partial charge in [0.15, 0.2) is 5.79 Å². The third-order valence-electron chi connectivity index (χ3n) is 2.71. The Morgan fingerprint density at radius 3 is 1.60 bits per heavy atom. The van der Waals surface area contributed by atoms with E-state index in [0.29, 0.717) is 11.8 Å². The smallest absolute Gasteiger partial charge is 0.168 e. The van der Waals surface area contributed by atoms with Crippen LogP contribution < -0.4 is 0 Å². The molecule has 1 saturated heterocycles. The molecule has 1 rings (SSSR count). The largest absolute Gasteiger partial charge is 0.350 e. The number of hydrogen-bond donors (Lipinski definition) is 0. The predicted molar refractivity (Wildman–Crippen MR) is 62.8 cm³/mol. The summed E-state index contributed by atoms with van der Waals surface area (Å²) in [5.74, 6) is 0.961. The van der Waals surface area contributed by atoms with Crippen LogP contribution >= 0.6 is 0 Å². The van der Waals surface area contributed by atoms with Crippen LogP contribution in [0.1, 0.15) is 53.4 Å². The predicted octanol–water partition coefficient (Wildman–Crippen LogP) is 3.60. The molecule has 0 saturated carbocycles. The molecule has 0 aliphatic carbocycles. The normalized spacial score (nSPS) is 22.0. The van der Waals surface area contributed by atoms with Gasteiger partial charge in [0, 0.05) is 12.8 Å². The molecule has 0 aromatic rings. The summed E-state index contributed by atoms with van der Waals surface area (Å²) in [6.07, 6.45) is 4.31. The van der Waals surface area contributed by atoms with Gasteiger partial charge in [-0.2, -0.15) is 0 Å². The van der Waals surface area contributed by atoms with Gasteiger partial charge in [0.25, 0.3) is 0 Å². The Hall–Kier alpha value is -0.0800. The first-order valence-corrected chi connectivity index (χ1v) is 6.32. The van der Waals surface area contributed by atoms with Gasteiger partial charge in [-0.3, -0.25) is 0 Å². The monoisotopic (exact) mass is 214 g/mol. The van der Waals surface area contributed by atoms with Crippen LogP contribution in [0.4, 0.5) is 0 Å². The third-order valence-corrected chi connectivity index (χ3v) is 2.71. The Balaban J connectivity index is 2.63. The van der Waals surface area contributed by atoms with E-state index in [1.165, 1.54) is 0 Å². The van der Waals surface area contributed by atoms with Crippen molar-refractivity contribution in [3.05, 3.63) is 0 Å². The van der Waals surface area contributed by atoms with Crippen molar-refractivity contribution in [2.45, 2.75) is 59.2 Å². The molecule has 0 radical (unpaired) electrons. The second-order valence-corrected chi connectivity index (χ2v) is 5.51. The zero-order valence-corrected chi connectivity index (χ0v) is 10.7. The van der Waals surface area contributed by atoms with E-state index in [4.69, 9.17) is 9.47 Å². The molecular weight excluding hydrogens is 188 g/mol. The molecule has 0 atom stereocenters. The van der Waals surface area contributed by atoms with Crippen LogP contribution in [0, 0.1) is 11.8 Å². The first-order valence-electron chi connectivity index (χ1n) is 6.32. The molecule has 0 amide bonds. The first kappa shape index (κ1) is 13.0. The molecule has 2 heteroatoms. The Kier molecular flexibility index (Phi) is 5.07. The Morgan fingerprint density at radius 1 is 0.867 bits per heavy atom. The van der Waals surface area contributed by atoms with Crippen molar-refractivity contribution < 1.29 is 9.47 Å². The van der Waals surface area contributed by atoms with Crippen LogP contribution in [0.2, 0.25) is 0 Å². The fourth-order valence-corrected chi connectivity index (χ4v) is 2.33. The maximum Gasteiger partial charge on any atom is 0.168 e. The average Bonchev–Trinajstić information content (AvgIpc) is 2.27. The topological polar surface area (TPSA) is 18.5 Å². The summed E-state index contributed by atoms with van der Waals surface area (Å²) in [6.45, 7) is 10.7. The molecule has 0 N–H and O–H groups in total. The summed E-state index contributed by atoms with van der Waals surface area (Å²) in [5, 5.41) is 0. The van der Waals surface area contributed by atoms with E-state index in [-0.39, 0.29) is 5.79 Å². The Labute approximate surface area is 94.3 Å². The highest BCUT2D eigenvalue weighted by Crippen LogP contribution is 2.32. The highest BCUT2D eigenvalue weighted by Gasteiger charge is 2.34. The van der Waals surface area contributed by atoms with E-state index in [0.717, 1.165) is 38.9 Å². The summed E-state index contributed by atoms with van der Waals surface area (Å²) in [4.78, 5) is 0. The van der Waals surface area contributed by atoms with Crippen molar-refractivity contribution in [2.75, 3.05) is 13.2 Å². The summed E-state index contributed by atoms with van der Waals surface area (Å²) in [6, 6.07) is 0. The number of rotatable bonds is 4. The van der Waals surface area contributed by atoms with Crippen LogP contribution in [0.5, 0.6) is 0 Å². The lowest BCUT2D eigenvalue weighted by atomic mass is 9.94. The molecule has 15 heavy (non-hydrogen) atoms. The fraction of sp³-hybridized carbons (Fsp3) is 1.00. The molecule has 0 aromatic carbocycles. The van der Waals surface area contributed by atoms with Crippen molar-refractivity contribution in [3.8, 4) is 0 Å². The van der Waals surface area contributed by atoms with Gasteiger partial charge >= 0.3 is 0 Å². The fourth-order valence-electron chi connectivity index (χ4n) is 2.33. The van der Waals surface area contributed by atoms with E-state index in [1.807, 2.05) is 0 Å². The Morgan fingerprint density at radius 2 is 1.27 bits per heavy atom. The van der Waals surface area contributed by atoms with Crippen LogP contribution in [0.25, 0.3) is 0 Å². The van der Waals surface area contributed by atoms with Crippen molar-refractivity contribution in [1.29, 1.82) is 0 Å². The van der Waals surface area contributed by atoms with Crippen LogP contribution in [-0.2, 0) is 9.47 Å². The highest BCUT2D eigenvalue weighted by atomic mass is 16.7. The second-order valence-electron chi connectivity index (χ2n) is 5.51. The minimum atomic E-state index is -0.293. The van der Waals surface area contributed by atoms with Gasteiger partial charge in [-0.1, -0.05) is 27.7 Å². The van der Waals surface area contributed by atoms with E-state index >= 15 is 0 Å². The maximum absolute atomic E-state index is 5.99. The van der Waals surface area contributed by atoms with Gasteiger partial charge in [-0.05, 0) is 24.7 Å². The molecule has 90 valence electrons. The zero-order chi connectivity index (χ0) is 11.3. The SMILES string of the molecule is CC(C)CC1(CC(C)C)OCCCCO1.